The molecule has 2 amide bonds. The highest BCUT2D eigenvalue weighted by Gasteiger charge is 2.47. The van der Waals surface area contributed by atoms with Crippen LogP contribution in [0.1, 0.15) is 44.3 Å². The maximum absolute atomic E-state index is 12.3. The van der Waals surface area contributed by atoms with Crippen LogP contribution in [0.5, 0.6) is 0 Å². The van der Waals surface area contributed by atoms with E-state index in [1.807, 2.05) is 12.2 Å². The summed E-state index contributed by atoms with van der Waals surface area (Å²) in [5, 5.41) is 3.87. The van der Waals surface area contributed by atoms with Gasteiger partial charge in [0.25, 0.3) is 0 Å². The Hall–Kier alpha value is -1.98. The first-order valence-corrected chi connectivity index (χ1v) is 7.52. The molecule has 2 unspecified atom stereocenters. The molecule has 112 valence electrons. The Balaban J connectivity index is 1.69. The Bertz CT molecular complexity index is 552. The molecule has 0 saturated carbocycles. The fraction of sp³-hybridized carbons (Fsp3) is 0.600. The van der Waals surface area contributed by atoms with Gasteiger partial charge >= 0.3 is 0 Å². The summed E-state index contributed by atoms with van der Waals surface area (Å²) in [4.78, 5) is 30.2. The second-order valence-corrected chi connectivity index (χ2v) is 5.63. The fourth-order valence-electron chi connectivity index (χ4n) is 2.95. The number of likely N-dealkylation sites (tertiary alicyclic amines) is 1. The smallest absolute Gasteiger partial charge is 0.233 e. The van der Waals surface area contributed by atoms with E-state index in [-0.39, 0.29) is 30.2 Å². The highest BCUT2D eigenvalue weighted by molar-refractivity contribution is 6.05. The lowest BCUT2D eigenvalue weighted by atomic mass is 9.85. The van der Waals surface area contributed by atoms with Gasteiger partial charge in [0.15, 0.2) is 5.82 Å². The Morgan fingerprint density at radius 3 is 2.52 bits per heavy atom. The van der Waals surface area contributed by atoms with Crippen molar-refractivity contribution in [1.29, 1.82) is 0 Å². The molecule has 6 heteroatoms. The van der Waals surface area contributed by atoms with Crippen molar-refractivity contribution in [3.05, 3.63) is 23.9 Å². The van der Waals surface area contributed by atoms with Gasteiger partial charge in [-0.05, 0) is 19.3 Å². The number of unbranched alkanes of at least 4 members (excludes halogenated alkanes) is 1. The van der Waals surface area contributed by atoms with E-state index in [0.29, 0.717) is 24.6 Å². The lowest BCUT2D eigenvalue weighted by Crippen LogP contribution is -2.31. The number of hydrogen-bond donors (Lipinski definition) is 0. The predicted octanol–water partition coefficient (Wildman–Crippen LogP) is 1.86. The van der Waals surface area contributed by atoms with Gasteiger partial charge in [-0.25, -0.2) is 0 Å². The molecular formula is C15H19N3O3. The van der Waals surface area contributed by atoms with Gasteiger partial charge in [0, 0.05) is 6.42 Å². The summed E-state index contributed by atoms with van der Waals surface area (Å²) in [5.41, 5.74) is 0. The number of fused-ring (bicyclic) bond motifs is 1. The van der Waals surface area contributed by atoms with Crippen LogP contribution in [0.2, 0.25) is 0 Å². The van der Waals surface area contributed by atoms with Gasteiger partial charge in [-0.15, -0.1) is 0 Å². The Morgan fingerprint density at radius 2 is 1.90 bits per heavy atom. The number of nitrogens with zero attached hydrogens (tertiary/aromatic N) is 3. The van der Waals surface area contributed by atoms with Crippen LogP contribution >= 0.6 is 0 Å². The number of hydrogen-bond acceptors (Lipinski definition) is 5. The molecule has 2 atom stereocenters. The molecular weight excluding hydrogens is 270 g/mol. The Kier molecular flexibility index (Phi) is 3.86. The number of allylic oxidation sites excluding steroid dienone is 2. The summed E-state index contributed by atoms with van der Waals surface area (Å²) in [6.07, 6.45) is 8.04. The molecule has 0 spiro atoms. The van der Waals surface area contributed by atoms with Gasteiger partial charge in [0.1, 0.15) is 0 Å². The second-order valence-electron chi connectivity index (χ2n) is 5.63. The van der Waals surface area contributed by atoms with E-state index in [0.717, 1.165) is 19.3 Å². The number of carbonyl (C=O) groups excluding carboxylic acids is 2. The van der Waals surface area contributed by atoms with Gasteiger partial charge < -0.3 is 4.52 Å². The Labute approximate surface area is 123 Å². The molecule has 3 rings (SSSR count). The van der Waals surface area contributed by atoms with Crippen LogP contribution in [0.25, 0.3) is 0 Å². The van der Waals surface area contributed by atoms with Gasteiger partial charge in [-0.3, -0.25) is 14.5 Å². The molecule has 1 aliphatic carbocycles. The first-order chi connectivity index (χ1) is 10.2. The molecule has 0 aromatic carbocycles. The van der Waals surface area contributed by atoms with Crippen molar-refractivity contribution in [2.45, 2.75) is 45.6 Å². The Morgan fingerprint density at radius 1 is 1.24 bits per heavy atom. The third-order valence-corrected chi connectivity index (χ3v) is 4.15. The normalized spacial score (nSPS) is 24.7. The minimum atomic E-state index is -0.200. The molecule has 1 aromatic heterocycles. The van der Waals surface area contributed by atoms with Crippen molar-refractivity contribution in [1.82, 2.24) is 15.0 Å². The first-order valence-electron chi connectivity index (χ1n) is 7.52. The molecule has 0 bridgehead atoms. The van der Waals surface area contributed by atoms with Crippen LogP contribution in [0, 0.1) is 11.8 Å². The molecule has 6 nitrogen and oxygen atoms in total. The molecule has 1 aromatic rings. The van der Waals surface area contributed by atoms with Crippen molar-refractivity contribution in [2.24, 2.45) is 11.8 Å². The summed E-state index contributed by atoms with van der Waals surface area (Å²) < 4.78 is 5.14. The van der Waals surface area contributed by atoms with E-state index in [4.69, 9.17) is 4.52 Å². The quantitative estimate of drug-likeness (QED) is 0.611. The molecule has 2 heterocycles. The van der Waals surface area contributed by atoms with Crippen LogP contribution < -0.4 is 0 Å². The van der Waals surface area contributed by atoms with Crippen molar-refractivity contribution in [2.75, 3.05) is 0 Å². The van der Waals surface area contributed by atoms with Crippen molar-refractivity contribution < 1.29 is 14.1 Å². The zero-order valence-corrected chi connectivity index (χ0v) is 12.1. The average molecular weight is 289 g/mol. The third-order valence-electron chi connectivity index (χ3n) is 4.15. The average Bonchev–Trinajstić information content (AvgIpc) is 3.05. The zero-order valence-electron chi connectivity index (χ0n) is 12.1. The fourth-order valence-corrected chi connectivity index (χ4v) is 2.95. The van der Waals surface area contributed by atoms with Crippen molar-refractivity contribution >= 4 is 11.8 Å². The molecule has 21 heavy (non-hydrogen) atoms. The van der Waals surface area contributed by atoms with Gasteiger partial charge in [-0.1, -0.05) is 30.7 Å². The number of carbonyl (C=O) groups is 2. The van der Waals surface area contributed by atoms with E-state index in [1.165, 1.54) is 4.90 Å². The largest absolute Gasteiger partial charge is 0.339 e. The van der Waals surface area contributed by atoms with E-state index >= 15 is 0 Å². The molecule has 1 aliphatic heterocycles. The summed E-state index contributed by atoms with van der Waals surface area (Å²) in [6.45, 7) is 2.22. The number of amides is 2. The lowest BCUT2D eigenvalue weighted by Gasteiger charge is -2.14. The topological polar surface area (TPSA) is 76.3 Å². The number of aromatic nitrogens is 2. The van der Waals surface area contributed by atoms with E-state index in [2.05, 4.69) is 17.1 Å². The van der Waals surface area contributed by atoms with Gasteiger partial charge in [-0.2, -0.15) is 4.98 Å². The van der Waals surface area contributed by atoms with E-state index in [9.17, 15) is 9.59 Å². The van der Waals surface area contributed by atoms with Crippen LogP contribution in [-0.4, -0.2) is 26.9 Å². The minimum Gasteiger partial charge on any atom is -0.339 e. The lowest BCUT2D eigenvalue weighted by molar-refractivity contribution is -0.140. The number of imide groups is 1. The second kappa shape index (κ2) is 5.79. The third kappa shape index (κ3) is 2.62. The van der Waals surface area contributed by atoms with Crippen LogP contribution in [0.15, 0.2) is 16.7 Å². The standard InChI is InChI=1S/C15H19N3O3/c1-2-3-8-13-16-12(17-21-13)9-18-14(19)10-6-4-5-7-11(10)15(18)20/h4-5,10-11H,2-3,6-9H2,1H3. The SMILES string of the molecule is CCCCc1nc(CN2C(=O)C3CC=CCC3C2=O)no1. The molecule has 0 radical (unpaired) electrons. The molecule has 2 aliphatic rings. The summed E-state index contributed by atoms with van der Waals surface area (Å²) in [6, 6.07) is 0. The highest BCUT2D eigenvalue weighted by Crippen LogP contribution is 2.35. The summed E-state index contributed by atoms with van der Waals surface area (Å²) in [5.74, 6) is 0.380. The predicted molar refractivity (Wildman–Crippen MR) is 73.8 cm³/mol. The van der Waals surface area contributed by atoms with E-state index in [1.54, 1.807) is 0 Å². The van der Waals surface area contributed by atoms with Gasteiger partial charge in [0.05, 0.1) is 18.4 Å². The summed E-state index contributed by atoms with van der Waals surface area (Å²) in [7, 11) is 0. The van der Waals surface area contributed by atoms with E-state index < -0.39 is 0 Å². The molecule has 0 N–H and O–H groups in total. The minimum absolute atomic E-state index is 0.103. The zero-order chi connectivity index (χ0) is 14.8. The summed E-state index contributed by atoms with van der Waals surface area (Å²) >= 11 is 0. The van der Waals surface area contributed by atoms with Crippen LogP contribution in [0.4, 0.5) is 0 Å². The number of aryl methyl sites for hydroxylation is 1. The van der Waals surface area contributed by atoms with Crippen LogP contribution in [-0.2, 0) is 22.6 Å². The molecule has 1 fully saturated rings. The maximum atomic E-state index is 12.3. The van der Waals surface area contributed by atoms with Crippen molar-refractivity contribution in [3.63, 3.8) is 0 Å². The molecule has 1 saturated heterocycles. The van der Waals surface area contributed by atoms with Crippen LogP contribution in [0.3, 0.4) is 0 Å². The highest BCUT2D eigenvalue weighted by atomic mass is 16.5. The first kappa shape index (κ1) is 14.0. The maximum Gasteiger partial charge on any atom is 0.233 e. The monoisotopic (exact) mass is 289 g/mol. The van der Waals surface area contributed by atoms with Crippen molar-refractivity contribution in [3.8, 4) is 0 Å². The van der Waals surface area contributed by atoms with Gasteiger partial charge in [0.2, 0.25) is 17.7 Å². The number of rotatable bonds is 5.